The van der Waals surface area contributed by atoms with Crippen LogP contribution in [0.4, 0.5) is 11.5 Å². The highest BCUT2D eigenvalue weighted by molar-refractivity contribution is 6.31. The van der Waals surface area contributed by atoms with Crippen LogP contribution in [0.3, 0.4) is 0 Å². The first-order valence-electron chi connectivity index (χ1n) is 6.45. The quantitative estimate of drug-likeness (QED) is 0.669. The maximum atomic E-state index is 12.0. The summed E-state index contributed by atoms with van der Waals surface area (Å²) in [4.78, 5) is 16.2. The van der Waals surface area contributed by atoms with Crippen molar-refractivity contribution in [2.45, 2.75) is 6.92 Å². The molecule has 0 saturated heterocycles. The first-order valence-corrected chi connectivity index (χ1v) is 6.82. The zero-order valence-electron chi connectivity index (χ0n) is 11.8. The van der Waals surface area contributed by atoms with Crippen molar-refractivity contribution >= 4 is 29.0 Å². The molecule has 0 aliphatic heterocycles. The van der Waals surface area contributed by atoms with Crippen molar-refractivity contribution in [3.8, 4) is 6.07 Å². The molecule has 0 fully saturated rings. The Morgan fingerprint density at radius 1 is 1.36 bits per heavy atom. The largest absolute Gasteiger partial charge is 0.345 e. The second-order valence-electron chi connectivity index (χ2n) is 4.50. The van der Waals surface area contributed by atoms with E-state index >= 15 is 0 Å². The summed E-state index contributed by atoms with van der Waals surface area (Å²) in [5.74, 6) is 0.0262. The molecule has 22 heavy (non-hydrogen) atoms. The first kappa shape index (κ1) is 15.5. The standard InChI is InChI=1S/C16H13ClN4O/c1-11-5-6-15(19-9-11)20-10-12(8-18)16(22)21-14-4-2-3-13(17)7-14/h2-7,9-10H,1H3,(H,19,20)(H,21,22)/b12-10-. The lowest BCUT2D eigenvalue weighted by Gasteiger charge is -2.05. The normalized spacial score (nSPS) is 10.7. The number of nitrogens with one attached hydrogen (secondary N) is 2. The Hall–Kier alpha value is -2.84. The Morgan fingerprint density at radius 2 is 2.18 bits per heavy atom. The van der Waals surface area contributed by atoms with Gasteiger partial charge in [-0.1, -0.05) is 23.7 Å². The molecule has 0 bridgehead atoms. The van der Waals surface area contributed by atoms with E-state index in [0.29, 0.717) is 16.5 Å². The van der Waals surface area contributed by atoms with Gasteiger partial charge in [-0.3, -0.25) is 4.79 Å². The van der Waals surface area contributed by atoms with Crippen molar-refractivity contribution < 1.29 is 4.79 Å². The predicted octanol–water partition coefficient (Wildman–Crippen LogP) is 3.50. The van der Waals surface area contributed by atoms with E-state index in [0.717, 1.165) is 5.56 Å². The summed E-state index contributed by atoms with van der Waals surface area (Å²) < 4.78 is 0. The van der Waals surface area contributed by atoms with Gasteiger partial charge in [0.1, 0.15) is 17.5 Å². The minimum absolute atomic E-state index is 0.0673. The molecule has 110 valence electrons. The Kier molecular flexibility index (Phi) is 5.12. The highest BCUT2D eigenvalue weighted by Gasteiger charge is 2.09. The lowest BCUT2D eigenvalue weighted by atomic mass is 10.2. The average molecular weight is 313 g/mol. The number of nitrogens with zero attached hydrogens (tertiary/aromatic N) is 2. The summed E-state index contributed by atoms with van der Waals surface area (Å²) in [5.41, 5.74) is 1.48. The zero-order valence-corrected chi connectivity index (χ0v) is 12.6. The summed E-state index contributed by atoms with van der Waals surface area (Å²) in [6.07, 6.45) is 3.01. The molecule has 0 aliphatic rings. The molecule has 1 aromatic heterocycles. The van der Waals surface area contributed by atoms with E-state index in [1.807, 2.05) is 19.1 Å². The molecule has 6 heteroatoms. The van der Waals surface area contributed by atoms with Crippen molar-refractivity contribution in [3.05, 3.63) is 65.0 Å². The van der Waals surface area contributed by atoms with E-state index in [-0.39, 0.29) is 5.57 Å². The van der Waals surface area contributed by atoms with E-state index in [1.54, 1.807) is 36.5 Å². The summed E-state index contributed by atoms with van der Waals surface area (Å²) in [6, 6.07) is 12.2. The number of amides is 1. The summed E-state index contributed by atoms with van der Waals surface area (Å²) in [5, 5.41) is 15.0. The monoisotopic (exact) mass is 312 g/mol. The Morgan fingerprint density at radius 3 is 2.82 bits per heavy atom. The van der Waals surface area contributed by atoms with Crippen LogP contribution in [0.25, 0.3) is 0 Å². The number of aromatic nitrogens is 1. The molecule has 0 unspecified atom stereocenters. The van der Waals surface area contributed by atoms with E-state index in [1.165, 1.54) is 6.20 Å². The molecule has 2 N–H and O–H groups in total. The summed E-state index contributed by atoms with van der Waals surface area (Å²) >= 11 is 5.84. The van der Waals surface area contributed by atoms with Gasteiger partial charge in [-0.2, -0.15) is 5.26 Å². The number of pyridine rings is 1. The third kappa shape index (κ3) is 4.33. The molecule has 2 rings (SSSR count). The molecular formula is C16H13ClN4O. The fraction of sp³-hybridized carbons (Fsp3) is 0.0625. The van der Waals surface area contributed by atoms with E-state index in [2.05, 4.69) is 15.6 Å². The predicted molar refractivity (Wildman–Crippen MR) is 86.4 cm³/mol. The molecule has 1 aromatic carbocycles. The molecule has 1 amide bonds. The number of hydrogen-bond donors (Lipinski definition) is 2. The molecule has 2 aromatic rings. The Labute approximate surface area is 133 Å². The van der Waals surface area contributed by atoms with Crippen LogP contribution >= 0.6 is 11.6 Å². The molecular weight excluding hydrogens is 300 g/mol. The van der Waals surface area contributed by atoms with Crippen LogP contribution in [-0.4, -0.2) is 10.9 Å². The van der Waals surface area contributed by atoms with Crippen LogP contribution in [0.1, 0.15) is 5.56 Å². The van der Waals surface area contributed by atoms with Gasteiger partial charge in [0, 0.05) is 23.1 Å². The second kappa shape index (κ2) is 7.25. The number of anilines is 2. The van der Waals surface area contributed by atoms with Crippen LogP contribution in [0.15, 0.2) is 54.4 Å². The van der Waals surface area contributed by atoms with Crippen molar-refractivity contribution in [2.24, 2.45) is 0 Å². The highest BCUT2D eigenvalue weighted by atomic mass is 35.5. The zero-order chi connectivity index (χ0) is 15.9. The van der Waals surface area contributed by atoms with Gasteiger partial charge in [-0.25, -0.2) is 4.98 Å². The molecule has 0 spiro atoms. The molecule has 5 nitrogen and oxygen atoms in total. The number of aryl methyl sites for hydroxylation is 1. The van der Waals surface area contributed by atoms with Gasteiger partial charge in [-0.15, -0.1) is 0 Å². The number of rotatable bonds is 4. The fourth-order valence-electron chi connectivity index (χ4n) is 1.61. The van der Waals surface area contributed by atoms with Crippen LogP contribution in [0.5, 0.6) is 0 Å². The maximum Gasteiger partial charge on any atom is 0.267 e. The lowest BCUT2D eigenvalue weighted by Crippen LogP contribution is -2.14. The fourth-order valence-corrected chi connectivity index (χ4v) is 1.80. The third-order valence-corrected chi connectivity index (χ3v) is 2.96. The number of carbonyl (C=O) groups is 1. The SMILES string of the molecule is Cc1ccc(N/C=C(/C#N)C(=O)Nc2cccc(Cl)c2)nc1. The van der Waals surface area contributed by atoms with Crippen LogP contribution in [0.2, 0.25) is 5.02 Å². The van der Waals surface area contributed by atoms with Gasteiger partial charge < -0.3 is 10.6 Å². The number of halogens is 1. The number of nitriles is 1. The Bertz CT molecular complexity index is 747. The highest BCUT2D eigenvalue weighted by Crippen LogP contribution is 2.15. The van der Waals surface area contributed by atoms with Gasteiger partial charge in [0.25, 0.3) is 5.91 Å². The second-order valence-corrected chi connectivity index (χ2v) is 4.94. The van der Waals surface area contributed by atoms with Gasteiger partial charge in [0.05, 0.1) is 0 Å². The number of hydrogen-bond acceptors (Lipinski definition) is 4. The van der Waals surface area contributed by atoms with Gasteiger partial charge >= 0.3 is 0 Å². The molecule has 0 atom stereocenters. The minimum atomic E-state index is -0.524. The van der Waals surface area contributed by atoms with Crippen molar-refractivity contribution in [3.63, 3.8) is 0 Å². The van der Waals surface area contributed by atoms with Crippen LogP contribution < -0.4 is 10.6 Å². The van der Waals surface area contributed by atoms with Crippen LogP contribution in [0, 0.1) is 18.3 Å². The van der Waals surface area contributed by atoms with Crippen molar-refractivity contribution in [1.29, 1.82) is 5.26 Å². The van der Waals surface area contributed by atoms with E-state index < -0.39 is 5.91 Å². The Balaban J connectivity index is 2.07. The topological polar surface area (TPSA) is 77.8 Å². The third-order valence-electron chi connectivity index (χ3n) is 2.72. The summed E-state index contributed by atoms with van der Waals surface area (Å²) in [6.45, 7) is 1.92. The molecule has 0 saturated carbocycles. The molecule has 1 heterocycles. The molecule has 0 radical (unpaired) electrons. The van der Waals surface area contributed by atoms with E-state index in [9.17, 15) is 4.79 Å². The van der Waals surface area contributed by atoms with Gasteiger partial charge in [-0.05, 0) is 36.8 Å². The smallest absolute Gasteiger partial charge is 0.267 e. The maximum absolute atomic E-state index is 12.0. The number of carbonyl (C=O) groups excluding carboxylic acids is 1. The molecule has 0 aliphatic carbocycles. The van der Waals surface area contributed by atoms with Crippen LogP contribution in [-0.2, 0) is 4.79 Å². The lowest BCUT2D eigenvalue weighted by molar-refractivity contribution is -0.112. The van der Waals surface area contributed by atoms with E-state index in [4.69, 9.17) is 16.9 Å². The number of benzene rings is 1. The van der Waals surface area contributed by atoms with Crippen molar-refractivity contribution in [2.75, 3.05) is 10.6 Å². The first-order chi connectivity index (χ1) is 10.6. The summed E-state index contributed by atoms with van der Waals surface area (Å²) in [7, 11) is 0. The van der Waals surface area contributed by atoms with Crippen molar-refractivity contribution in [1.82, 2.24) is 4.98 Å². The average Bonchev–Trinajstić information content (AvgIpc) is 2.49. The minimum Gasteiger partial charge on any atom is -0.345 e. The van der Waals surface area contributed by atoms with Gasteiger partial charge in [0.15, 0.2) is 0 Å². The van der Waals surface area contributed by atoms with Gasteiger partial charge in [0.2, 0.25) is 0 Å².